The van der Waals surface area contributed by atoms with Crippen molar-refractivity contribution in [1.29, 1.82) is 0 Å². The van der Waals surface area contributed by atoms with Crippen LogP contribution in [0.1, 0.15) is 5.56 Å². The molecule has 0 aromatic heterocycles. The minimum atomic E-state index is -4.73. The Morgan fingerprint density at radius 2 is 2.10 bits per heavy atom. The van der Waals surface area contributed by atoms with Crippen molar-refractivity contribution in [3.8, 4) is 0 Å². The number of hydrogen-bond donors (Lipinski definition) is 1. The van der Waals surface area contributed by atoms with Gasteiger partial charge in [-0.05, 0) is 6.07 Å². The van der Waals surface area contributed by atoms with Gasteiger partial charge in [0.2, 0.25) is 0 Å². The van der Waals surface area contributed by atoms with Crippen LogP contribution in [0.3, 0.4) is 0 Å². The third-order valence-corrected chi connectivity index (χ3v) is 2.75. The number of anilines is 1. The Labute approximate surface area is 118 Å². The monoisotopic (exact) mass is 308 g/mol. The molecule has 6 nitrogen and oxygen atoms in total. The van der Waals surface area contributed by atoms with Gasteiger partial charge in [-0.25, -0.2) is 0 Å². The first kappa shape index (κ1) is 17.2. The molecule has 1 aromatic carbocycles. The number of alkyl halides is 3. The number of hydrogen-bond acceptors (Lipinski definition) is 5. The van der Waals surface area contributed by atoms with E-state index in [1.807, 2.05) is 0 Å². The third-order valence-electron chi connectivity index (χ3n) is 2.75. The van der Waals surface area contributed by atoms with Gasteiger partial charge in [0.25, 0.3) is 5.69 Å². The minimum absolute atomic E-state index is 0.0291. The van der Waals surface area contributed by atoms with E-state index in [4.69, 9.17) is 4.74 Å². The molecule has 9 heteroatoms. The van der Waals surface area contributed by atoms with E-state index >= 15 is 0 Å². The minimum Gasteiger partial charge on any atom is -0.389 e. The van der Waals surface area contributed by atoms with Crippen LogP contribution in [0.15, 0.2) is 18.2 Å². The smallest absolute Gasteiger partial charge is 0.389 e. The predicted molar refractivity (Wildman–Crippen MR) is 69.3 cm³/mol. The first-order valence-electron chi connectivity index (χ1n) is 5.90. The Kier molecular flexibility index (Phi) is 5.50. The van der Waals surface area contributed by atoms with E-state index < -0.39 is 28.5 Å². The number of aliphatic hydroxyl groups excluding tert-OH is 1. The third kappa shape index (κ3) is 4.57. The molecule has 21 heavy (non-hydrogen) atoms. The summed E-state index contributed by atoms with van der Waals surface area (Å²) in [6, 6.07) is 2.48. The predicted octanol–water partition coefficient (Wildman–Crippen LogP) is 2.06. The summed E-state index contributed by atoms with van der Waals surface area (Å²) in [5.41, 5.74) is -2.01. The summed E-state index contributed by atoms with van der Waals surface area (Å²) < 4.78 is 43.7. The molecule has 1 atom stereocenters. The quantitative estimate of drug-likeness (QED) is 0.643. The van der Waals surface area contributed by atoms with Crippen molar-refractivity contribution in [3.05, 3.63) is 33.9 Å². The van der Waals surface area contributed by atoms with Crippen molar-refractivity contribution in [2.45, 2.75) is 12.3 Å². The number of ether oxygens (including phenoxy) is 1. The van der Waals surface area contributed by atoms with Gasteiger partial charge in [-0.1, -0.05) is 0 Å². The van der Waals surface area contributed by atoms with Crippen molar-refractivity contribution in [2.75, 3.05) is 32.2 Å². The number of nitro groups is 1. The Morgan fingerprint density at radius 1 is 1.48 bits per heavy atom. The Bertz CT molecular complexity index is 508. The van der Waals surface area contributed by atoms with Gasteiger partial charge in [0.05, 0.1) is 23.2 Å². The van der Waals surface area contributed by atoms with Crippen LogP contribution in [0.25, 0.3) is 0 Å². The van der Waals surface area contributed by atoms with Crippen LogP contribution in [-0.2, 0) is 10.9 Å². The van der Waals surface area contributed by atoms with Gasteiger partial charge in [-0.3, -0.25) is 10.1 Å². The van der Waals surface area contributed by atoms with Gasteiger partial charge in [-0.15, -0.1) is 0 Å². The number of nitrogens with zero attached hydrogens (tertiary/aromatic N) is 2. The molecule has 1 aromatic rings. The Morgan fingerprint density at radius 3 is 2.57 bits per heavy atom. The van der Waals surface area contributed by atoms with Gasteiger partial charge < -0.3 is 14.7 Å². The number of likely N-dealkylation sites (N-methyl/N-ethyl adjacent to an activating group) is 1. The SMILES string of the molecule is COCC(O)CN(C)c1ccc([N+](=O)[O-])cc1C(F)(F)F. The Hall–Kier alpha value is -1.87. The van der Waals surface area contributed by atoms with Gasteiger partial charge in [0.15, 0.2) is 0 Å². The van der Waals surface area contributed by atoms with Crippen molar-refractivity contribution in [1.82, 2.24) is 0 Å². The normalized spacial score (nSPS) is 13.0. The number of benzene rings is 1. The largest absolute Gasteiger partial charge is 0.418 e. The van der Waals surface area contributed by atoms with Crippen LogP contribution in [0, 0.1) is 10.1 Å². The van der Waals surface area contributed by atoms with Crippen LogP contribution in [0.4, 0.5) is 24.5 Å². The number of rotatable bonds is 6. The zero-order valence-electron chi connectivity index (χ0n) is 11.4. The first-order valence-corrected chi connectivity index (χ1v) is 5.90. The van der Waals surface area contributed by atoms with Crippen LogP contribution >= 0.6 is 0 Å². The highest BCUT2D eigenvalue weighted by atomic mass is 19.4. The van der Waals surface area contributed by atoms with Crippen molar-refractivity contribution in [3.63, 3.8) is 0 Å². The van der Waals surface area contributed by atoms with Crippen molar-refractivity contribution >= 4 is 11.4 Å². The molecule has 0 fully saturated rings. The van der Waals surface area contributed by atoms with E-state index in [1.165, 1.54) is 19.1 Å². The van der Waals surface area contributed by atoms with E-state index in [1.54, 1.807) is 0 Å². The summed E-state index contributed by atoms with van der Waals surface area (Å²) in [6.45, 7) is -0.132. The number of halogens is 3. The number of aliphatic hydroxyl groups is 1. The zero-order valence-corrected chi connectivity index (χ0v) is 11.4. The topological polar surface area (TPSA) is 75.8 Å². The highest BCUT2D eigenvalue weighted by molar-refractivity contribution is 5.58. The lowest BCUT2D eigenvalue weighted by molar-refractivity contribution is -0.385. The fourth-order valence-electron chi connectivity index (χ4n) is 1.86. The highest BCUT2D eigenvalue weighted by Crippen LogP contribution is 2.38. The zero-order chi connectivity index (χ0) is 16.2. The molecular weight excluding hydrogens is 293 g/mol. The lowest BCUT2D eigenvalue weighted by Gasteiger charge is -2.25. The lowest BCUT2D eigenvalue weighted by atomic mass is 10.1. The second-order valence-electron chi connectivity index (χ2n) is 4.45. The summed E-state index contributed by atoms with van der Waals surface area (Å²) in [7, 11) is 2.71. The van der Waals surface area contributed by atoms with Crippen LogP contribution in [0.5, 0.6) is 0 Å². The molecule has 0 radical (unpaired) electrons. The van der Waals surface area contributed by atoms with Crippen LogP contribution in [0.2, 0.25) is 0 Å². The molecule has 0 bridgehead atoms. The lowest BCUT2D eigenvalue weighted by Crippen LogP contribution is -2.33. The van der Waals surface area contributed by atoms with Crippen molar-refractivity contribution < 1.29 is 27.9 Å². The molecule has 1 N–H and O–H groups in total. The maximum Gasteiger partial charge on any atom is 0.418 e. The molecule has 0 aliphatic carbocycles. The maximum absolute atomic E-state index is 13.0. The molecule has 0 aliphatic heterocycles. The second kappa shape index (κ2) is 6.72. The fourth-order valence-corrected chi connectivity index (χ4v) is 1.86. The van der Waals surface area contributed by atoms with Gasteiger partial charge in [0, 0.05) is 38.5 Å². The number of methoxy groups -OCH3 is 1. The first-order chi connectivity index (χ1) is 9.66. The van der Waals surface area contributed by atoms with E-state index in [2.05, 4.69) is 0 Å². The molecule has 118 valence electrons. The van der Waals surface area contributed by atoms with Crippen molar-refractivity contribution in [2.24, 2.45) is 0 Å². The van der Waals surface area contributed by atoms with Gasteiger partial charge >= 0.3 is 6.18 Å². The number of non-ortho nitro benzene ring substituents is 1. The van der Waals surface area contributed by atoms with Gasteiger partial charge in [-0.2, -0.15) is 13.2 Å². The molecule has 0 aliphatic rings. The summed E-state index contributed by atoms with van der Waals surface area (Å²) in [5.74, 6) is 0. The van der Waals surface area contributed by atoms with Crippen LogP contribution < -0.4 is 4.90 Å². The molecular formula is C12H15F3N2O4. The van der Waals surface area contributed by atoms with E-state index in [9.17, 15) is 28.4 Å². The molecule has 1 rings (SSSR count). The molecule has 0 spiro atoms. The summed E-state index contributed by atoms with van der Waals surface area (Å²) in [6.07, 6.45) is -5.71. The van der Waals surface area contributed by atoms with E-state index in [0.717, 1.165) is 12.1 Å². The summed E-state index contributed by atoms with van der Waals surface area (Å²) in [4.78, 5) is 10.9. The Balaban J connectivity index is 3.13. The maximum atomic E-state index is 13.0. The summed E-state index contributed by atoms with van der Waals surface area (Å²) >= 11 is 0. The standard InChI is InChI=1S/C12H15F3N2O4/c1-16(6-9(18)7-21-2)11-4-3-8(17(19)20)5-10(11)12(13,14)15/h3-5,9,18H,6-7H2,1-2H3. The average molecular weight is 308 g/mol. The second-order valence-corrected chi connectivity index (χ2v) is 4.45. The molecule has 0 heterocycles. The molecule has 0 saturated carbocycles. The molecule has 0 amide bonds. The number of nitro benzene ring substituents is 1. The molecule has 1 unspecified atom stereocenters. The average Bonchev–Trinajstić information content (AvgIpc) is 2.37. The summed E-state index contributed by atoms with van der Waals surface area (Å²) in [5, 5.41) is 20.2. The van der Waals surface area contributed by atoms with E-state index in [-0.39, 0.29) is 18.8 Å². The van der Waals surface area contributed by atoms with Gasteiger partial charge in [0.1, 0.15) is 0 Å². The van der Waals surface area contributed by atoms with E-state index in [0.29, 0.717) is 6.07 Å². The molecule has 0 saturated heterocycles. The fraction of sp³-hybridized carbons (Fsp3) is 0.500. The highest BCUT2D eigenvalue weighted by Gasteiger charge is 2.36. The van der Waals surface area contributed by atoms with Crippen LogP contribution in [-0.4, -0.2) is 43.4 Å².